The van der Waals surface area contributed by atoms with Crippen LogP contribution in [0.3, 0.4) is 0 Å². The van der Waals surface area contributed by atoms with Gasteiger partial charge in [-0.25, -0.2) is 4.98 Å². The molecule has 3 nitrogen and oxygen atoms in total. The van der Waals surface area contributed by atoms with Gasteiger partial charge in [0.25, 0.3) is 0 Å². The highest BCUT2D eigenvalue weighted by molar-refractivity contribution is 6.39. The van der Waals surface area contributed by atoms with Crippen molar-refractivity contribution in [3.05, 3.63) is 82.6 Å². The summed E-state index contributed by atoms with van der Waals surface area (Å²) >= 11 is 12.7. The van der Waals surface area contributed by atoms with Crippen LogP contribution < -0.4 is 0 Å². The lowest BCUT2D eigenvalue weighted by atomic mass is 10.0. The van der Waals surface area contributed by atoms with Gasteiger partial charge in [-0.1, -0.05) is 47.5 Å². The van der Waals surface area contributed by atoms with Crippen molar-refractivity contribution in [3.63, 3.8) is 0 Å². The lowest BCUT2D eigenvalue weighted by molar-refractivity contribution is 0.199. The number of hydrogen-bond donors (Lipinski definition) is 1. The molecule has 1 unspecified atom stereocenters. The van der Waals surface area contributed by atoms with Crippen LogP contribution in [0.4, 0.5) is 0 Å². The van der Waals surface area contributed by atoms with E-state index in [4.69, 9.17) is 23.2 Å². The van der Waals surface area contributed by atoms with Gasteiger partial charge in [0, 0.05) is 21.3 Å². The second-order valence-corrected chi connectivity index (χ2v) is 7.00. The molecule has 0 fully saturated rings. The number of benzene rings is 3. The maximum atomic E-state index is 9.76. The van der Waals surface area contributed by atoms with Crippen molar-refractivity contribution in [2.75, 3.05) is 0 Å². The Morgan fingerprint density at radius 1 is 0.962 bits per heavy atom. The highest BCUT2D eigenvalue weighted by atomic mass is 35.5. The van der Waals surface area contributed by atoms with Crippen LogP contribution in [0.15, 0.2) is 67.0 Å². The smallest absolute Gasteiger partial charge is 0.100 e. The lowest BCUT2D eigenvalue weighted by Crippen LogP contribution is -1.94. The predicted molar refractivity (Wildman–Crippen MR) is 107 cm³/mol. The van der Waals surface area contributed by atoms with E-state index >= 15 is 0 Å². The SMILES string of the molecule is CC(O)c1ccc2c(c1)ncn2-c1cccc(-c2c(Cl)cccc2Cl)c1. The quantitative estimate of drug-likeness (QED) is 0.468. The van der Waals surface area contributed by atoms with E-state index < -0.39 is 6.10 Å². The maximum absolute atomic E-state index is 9.76. The number of hydrogen-bond acceptors (Lipinski definition) is 2. The van der Waals surface area contributed by atoms with E-state index in [1.165, 1.54) is 0 Å². The molecule has 0 aliphatic heterocycles. The summed E-state index contributed by atoms with van der Waals surface area (Å²) in [4.78, 5) is 4.48. The summed E-state index contributed by atoms with van der Waals surface area (Å²) in [5.41, 5.74) is 5.38. The summed E-state index contributed by atoms with van der Waals surface area (Å²) < 4.78 is 2.01. The van der Waals surface area contributed by atoms with Gasteiger partial charge in [0.05, 0.1) is 17.1 Å². The minimum Gasteiger partial charge on any atom is -0.389 e. The molecule has 1 atom stereocenters. The number of imidazole rings is 1. The topological polar surface area (TPSA) is 38.1 Å². The van der Waals surface area contributed by atoms with Crippen LogP contribution in [0, 0.1) is 0 Å². The third-order valence-corrected chi connectivity index (χ3v) is 5.06. The van der Waals surface area contributed by atoms with E-state index in [9.17, 15) is 5.11 Å². The molecule has 26 heavy (non-hydrogen) atoms. The third kappa shape index (κ3) is 2.99. The Hall–Kier alpha value is -2.33. The lowest BCUT2D eigenvalue weighted by Gasteiger charge is -2.11. The Morgan fingerprint density at radius 2 is 1.69 bits per heavy atom. The summed E-state index contributed by atoms with van der Waals surface area (Å²) in [6, 6.07) is 19.3. The number of aliphatic hydroxyl groups is 1. The second kappa shape index (κ2) is 6.76. The minimum absolute atomic E-state index is 0.518. The molecule has 0 bridgehead atoms. The summed E-state index contributed by atoms with van der Waals surface area (Å²) in [6.07, 6.45) is 1.26. The molecule has 1 aromatic heterocycles. The van der Waals surface area contributed by atoms with E-state index in [-0.39, 0.29) is 0 Å². The van der Waals surface area contributed by atoms with Gasteiger partial charge in [0.1, 0.15) is 6.33 Å². The largest absolute Gasteiger partial charge is 0.389 e. The molecule has 1 heterocycles. The molecule has 0 aliphatic carbocycles. The van der Waals surface area contributed by atoms with Crippen molar-refractivity contribution < 1.29 is 5.11 Å². The van der Waals surface area contributed by atoms with Crippen LogP contribution in [0.25, 0.3) is 27.8 Å². The summed E-state index contributed by atoms with van der Waals surface area (Å²) in [5, 5.41) is 11.0. The molecule has 0 saturated carbocycles. The first kappa shape index (κ1) is 17.1. The molecule has 130 valence electrons. The van der Waals surface area contributed by atoms with Crippen molar-refractivity contribution in [1.29, 1.82) is 0 Å². The molecule has 0 amide bonds. The summed E-state index contributed by atoms with van der Waals surface area (Å²) in [5.74, 6) is 0. The Bertz CT molecular complexity index is 1080. The average molecular weight is 383 g/mol. The average Bonchev–Trinajstić information content (AvgIpc) is 3.05. The van der Waals surface area contributed by atoms with Gasteiger partial charge < -0.3 is 5.11 Å². The molecule has 1 N–H and O–H groups in total. The Labute approximate surface area is 161 Å². The number of rotatable bonds is 3. The Balaban J connectivity index is 1.84. The van der Waals surface area contributed by atoms with E-state index in [0.717, 1.165) is 33.4 Å². The fourth-order valence-corrected chi connectivity index (χ4v) is 3.70. The first-order valence-corrected chi connectivity index (χ1v) is 9.00. The van der Waals surface area contributed by atoms with Gasteiger partial charge in [-0.05, 0) is 54.4 Å². The van der Waals surface area contributed by atoms with Gasteiger partial charge in [-0.3, -0.25) is 4.57 Å². The predicted octanol–water partition coefficient (Wildman–Crippen LogP) is 6.05. The molecule has 0 saturated heterocycles. The van der Waals surface area contributed by atoms with Crippen LogP contribution in [-0.2, 0) is 0 Å². The molecule has 4 rings (SSSR count). The minimum atomic E-state index is -0.518. The normalized spacial score (nSPS) is 12.5. The zero-order valence-electron chi connectivity index (χ0n) is 14.0. The summed E-state index contributed by atoms with van der Waals surface area (Å²) in [7, 11) is 0. The van der Waals surface area contributed by atoms with Gasteiger partial charge in [-0.15, -0.1) is 0 Å². The van der Waals surface area contributed by atoms with E-state index in [1.807, 2.05) is 65.2 Å². The zero-order valence-corrected chi connectivity index (χ0v) is 15.5. The van der Waals surface area contributed by atoms with Crippen molar-refractivity contribution in [1.82, 2.24) is 9.55 Å². The molecule has 5 heteroatoms. The van der Waals surface area contributed by atoms with E-state index in [0.29, 0.717) is 10.0 Å². The van der Waals surface area contributed by atoms with Crippen LogP contribution in [0.1, 0.15) is 18.6 Å². The van der Waals surface area contributed by atoms with Crippen LogP contribution in [-0.4, -0.2) is 14.7 Å². The number of fused-ring (bicyclic) bond motifs is 1. The Kier molecular flexibility index (Phi) is 4.45. The summed E-state index contributed by atoms with van der Waals surface area (Å²) in [6.45, 7) is 1.75. The van der Waals surface area contributed by atoms with Crippen LogP contribution in [0.2, 0.25) is 10.0 Å². The Morgan fingerprint density at radius 3 is 2.42 bits per heavy atom. The monoisotopic (exact) mass is 382 g/mol. The van der Waals surface area contributed by atoms with Crippen molar-refractivity contribution >= 4 is 34.2 Å². The van der Waals surface area contributed by atoms with E-state index in [2.05, 4.69) is 4.98 Å². The maximum Gasteiger partial charge on any atom is 0.100 e. The van der Waals surface area contributed by atoms with Gasteiger partial charge in [0.15, 0.2) is 0 Å². The third-order valence-electron chi connectivity index (χ3n) is 4.43. The van der Waals surface area contributed by atoms with Crippen molar-refractivity contribution in [2.45, 2.75) is 13.0 Å². The number of halogens is 2. The molecular weight excluding hydrogens is 367 g/mol. The molecule has 4 aromatic rings. The van der Waals surface area contributed by atoms with Gasteiger partial charge in [0.2, 0.25) is 0 Å². The van der Waals surface area contributed by atoms with Gasteiger partial charge in [-0.2, -0.15) is 0 Å². The molecule has 0 spiro atoms. The fraction of sp³-hybridized carbons (Fsp3) is 0.0952. The number of aliphatic hydroxyl groups excluding tert-OH is 1. The first-order valence-electron chi connectivity index (χ1n) is 8.24. The molecule has 0 aliphatic rings. The number of aromatic nitrogens is 2. The highest BCUT2D eigenvalue weighted by Crippen LogP contribution is 2.35. The molecular formula is C21H16Cl2N2O. The standard InChI is InChI=1S/C21H16Cl2N2O/c1-13(26)14-8-9-20-19(11-14)24-12-25(20)16-5-2-4-15(10-16)21-17(22)6-3-7-18(21)23/h2-13,26H,1H3. The fourth-order valence-electron chi connectivity index (χ4n) is 3.08. The van der Waals surface area contributed by atoms with Crippen LogP contribution >= 0.6 is 23.2 Å². The highest BCUT2D eigenvalue weighted by Gasteiger charge is 2.11. The number of nitrogens with zero attached hydrogens (tertiary/aromatic N) is 2. The molecule has 3 aromatic carbocycles. The zero-order chi connectivity index (χ0) is 18.3. The van der Waals surface area contributed by atoms with Crippen LogP contribution in [0.5, 0.6) is 0 Å². The first-order chi connectivity index (χ1) is 12.5. The van der Waals surface area contributed by atoms with Crippen molar-refractivity contribution in [3.8, 4) is 16.8 Å². The van der Waals surface area contributed by atoms with E-state index in [1.54, 1.807) is 13.3 Å². The molecule has 0 radical (unpaired) electrons. The second-order valence-electron chi connectivity index (χ2n) is 6.19. The van der Waals surface area contributed by atoms with Gasteiger partial charge >= 0.3 is 0 Å². The van der Waals surface area contributed by atoms with Crippen molar-refractivity contribution in [2.24, 2.45) is 0 Å².